The van der Waals surface area contributed by atoms with Crippen molar-refractivity contribution in [3.8, 4) is 5.75 Å². The average Bonchev–Trinajstić information content (AvgIpc) is 3.17. The maximum absolute atomic E-state index is 11.5. The van der Waals surface area contributed by atoms with Crippen molar-refractivity contribution < 1.29 is 22.4 Å². The van der Waals surface area contributed by atoms with E-state index in [1.807, 2.05) is 24.3 Å². The van der Waals surface area contributed by atoms with Crippen LogP contribution in [0.25, 0.3) is 0 Å². The van der Waals surface area contributed by atoms with Crippen LogP contribution in [0.2, 0.25) is 0 Å². The van der Waals surface area contributed by atoms with Gasteiger partial charge >= 0.3 is 10.3 Å². The second kappa shape index (κ2) is 9.73. The lowest BCUT2D eigenvalue weighted by atomic mass is 9.46. The number of nitrogens with two attached hydrogens (primary N) is 1. The Bertz CT molecular complexity index is 1250. The summed E-state index contributed by atoms with van der Waals surface area (Å²) in [5.74, 6) is 0.590. The minimum absolute atomic E-state index is 0.0580. The summed E-state index contributed by atoms with van der Waals surface area (Å²) >= 11 is 0. The molecular weight excluding hydrogens is 488 g/mol. The summed E-state index contributed by atoms with van der Waals surface area (Å²) in [4.78, 5) is 2.18. The molecule has 0 radical (unpaired) electrons. The second-order valence-corrected chi connectivity index (χ2v) is 12.4. The van der Waals surface area contributed by atoms with Gasteiger partial charge in [-0.1, -0.05) is 37.3 Å². The van der Waals surface area contributed by atoms with Crippen LogP contribution in [0.3, 0.4) is 0 Å². The second-order valence-electron chi connectivity index (χ2n) is 11.3. The smallest absolute Gasteiger partial charge is 0.380 e. The first kappa shape index (κ1) is 26.2. The van der Waals surface area contributed by atoms with E-state index >= 15 is 0 Å². The van der Waals surface area contributed by atoms with E-state index in [4.69, 9.17) is 14.1 Å². The molecule has 2 aromatic carbocycles. The fourth-order valence-corrected chi connectivity index (χ4v) is 8.00. The number of benzene rings is 2. The van der Waals surface area contributed by atoms with Crippen molar-refractivity contribution >= 4 is 16.0 Å². The van der Waals surface area contributed by atoms with Gasteiger partial charge in [0, 0.05) is 30.6 Å². The van der Waals surface area contributed by atoms with Crippen molar-refractivity contribution in [3.63, 3.8) is 0 Å². The molecule has 200 valence electrons. The lowest BCUT2D eigenvalue weighted by Crippen LogP contribution is -2.56. The van der Waals surface area contributed by atoms with E-state index in [9.17, 15) is 13.5 Å². The fraction of sp³-hybridized carbons (Fsp3) is 0.517. The first-order valence-corrected chi connectivity index (χ1v) is 14.6. The van der Waals surface area contributed by atoms with Crippen LogP contribution < -0.4 is 14.2 Å². The monoisotopic (exact) mass is 526 g/mol. The van der Waals surface area contributed by atoms with Crippen LogP contribution in [-0.2, 0) is 21.5 Å². The molecule has 2 fully saturated rings. The Morgan fingerprint density at radius 3 is 2.68 bits per heavy atom. The summed E-state index contributed by atoms with van der Waals surface area (Å²) in [5.41, 5.74) is 2.89. The number of fused-ring (bicyclic) bond motifs is 5. The summed E-state index contributed by atoms with van der Waals surface area (Å²) in [6.45, 7) is 7.85. The first-order valence-electron chi connectivity index (χ1n) is 13.1. The molecule has 7 nitrogen and oxygen atoms in total. The van der Waals surface area contributed by atoms with Crippen LogP contribution in [0, 0.1) is 16.7 Å². The topological polar surface area (TPSA) is 102 Å². The number of aliphatic hydroxyl groups is 1. The number of hydrogen-bond donors (Lipinski definition) is 2. The van der Waals surface area contributed by atoms with Crippen molar-refractivity contribution in [3.05, 3.63) is 72.3 Å². The molecule has 0 unspecified atom stereocenters. The molecule has 3 aliphatic rings. The number of aliphatic hydroxyl groups excluding tert-OH is 1. The zero-order valence-corrected chi connectivity index (χ0v) is 22.5. The van der Waals surface area contributed by atoms with Gasteiger partial charge in [-0.25, -0.2) is 0 Å². The Labute approximate surface area is 220 Å². The van der Waals surface area contributed by atoms with E-state index in [0.717, 1.165) is 55.5 Å². The zero-order valence-electron chi connectivity index (χ0n) is 21.7. The predicted octanol–water partition coefficient (Wildman–Crippen LogP) is 4.17. The van der Waals surface area contributed by atoms with Crippen molar-refractivity contribution in [2.45, 2.75) is 57.2 Å². The van der Waals surface area contributed by atoms with Crippen molar-refractivity contribution in [1.29, 1.82) is 0 Å². The van der Waals surface area contributed by atoms with Crippen LogP contribution in [-0.4, -0.2) is 45.9 Å². The normalized spacial score (nSPS) is 32.6. The maximum Gasteiger partial charge on any atom is 0.380 e. The Morgan fingerprint density at radius 1 is 1.22 bits per heavy atom. The number of aryl methyl sites for hydroxylation is 1. The van der Waals surface area contributed by atoms with Gasteiger partial charge in [0.15, 0.2) is 0 Å². The van der Waals surface area contributed by atoms with Crippen LogP contribution in [0.5, 0.6) is 5.75 Å². The molecule has 3 N–H and O–H groups in total. The van der Waals surface area contributed by atoms with Crippen LogP contribution in [0.4, 0.5) is 5.69 Å². The Balaban J connectivity index is 1.47. The third-order valence-electron chi connectivity index (χ3n) is 9.35. The van der Waals surface area contributed by atoms with Gasteiger partial charge in [0.1, 0.15) is 5.75 Å². The molecule has 0 saturated heterocycles. The first-order chi connectivity index (χ1) is 17.6. The van der Waals surface area contributed by atoms with Crippen LogP contribution in [0.15, 0.2) is 61.2 Å². The molecule has 3 aliphatic carbocycles. The van der Waals surface area contributed by atoms with E-state index < -0.39 is 10.3 Å². The molecule has 0 spiro atoms. The molecular formula is C29H38N2O5S. The third-order valence-corrected chi connectivity index (χ3v) is 9.78. The Kier molecular flexibility index (Phi) is 6.90. The number of nitrogens with zero attached hydrogens (tertiary/aromatic N) is 1. The zero-order chi connectivity index (χ0) is 26.4. The Morgan fingerprint density at radius 2 is 1.97 bits per heavy atom. The van der Waals surface area contributed by atoms with Crippen molar-refractivity contribution in [1.82, 2.24) is 0 Å². The average molecular weight is 527 g/mol. The van der Waals surface area contributed by atoms with E-state index in [0.29, 0.717) is 12.5 Å². The minimum Gasteiger partial charge on any atom is -0.393 e. The highest BCUT2D eigenvalue weighted by atomic mass is 32.2. The highest BCUT2D eigenvalue weighted by molar-refractivity contribution is 7.84. The van der Waals surface area contributed by atoms with Crippen molar-refractivity contribution in [2.24, 2.45) is 21.9 Å². The van der Waals surface area contributed by atoms with Crippen molar-refractivity contribution in [2.75, 3.05) is 25.1 Å². The van der Waals surface area contributed by atoms with Gasteiger partial charge in [-0.3, -0.25) is 0 Å². The standard InChI is InChI=1S/C29H38N2O5S/c1-4-29-15-14-20-18-22(36-37(30,33)34)10-11-23(20)27(29)24(19-28(2)25(29)12-13-26(28)32)35-17-16-31(3)21-8-6-5-7-9-21/h4-11,18,24-27,32H,1,12-17,19H2,2-3H3,(H2,30,33,34)/t24-,25+,26-,27-,28-,29-/m0/s1. The number of allylic oxidation sites excluding steroid dienone is 1. The van der Waals surface area contributed by atoms with Gasteiger partial charge in [0.25, 0.3) is 0 Å². The molecule has 37 heavy (non-hydrogen) atoms. The number of para-hydroxylation sites is 1. The Hall–Kier alpha value is -2.39. The van der Waals surface area contributed by atoms with E-state index in [1.165, 1.54) is 0 Å². The molecule has 2 aromatic rings. The van der Waals surface area contributed by atoms with Gasteiger partial charge in [-0.05, 0) is 78.8 Å². The lowest BCUT2D eigenvalue weighted by molar-refractivity contribution is -0.128. The molecule has 0 aromatic heterocycles. The summed E-state index contributed by atoms with van der Waals surface area (Å²) in [5, 5.41) is 16.2. The van der Waals surface area contributed by atoms with Gasteiger partial charge in [0.2, 0.25) is 0 Å². The predicted molar refractivity (Wildman–Crippen MR) is 145 cm³/mol. The molecule has 0 amide bonds. The highest BCUT2D eigenvalue weighted by Crippen LogP contribution is 2.68. The SMILES string of the molecule is C=C[C@@]12CCc3cc(OS(N)(=O)=O)ccc3[C@H]1[C@@H](OCCN(C)c1ccccc1)C[C@@]1(C)[C@H]2CC[C@@H]1O. The van der Waals surface area contributed by atoms with Gasteiger partial charge < -0.3 is 18.9 Å². The molecule has 0 aliphatic heterocycles. The van der Waals surface area contributed by atoms with E-state index in [1.54, 1.807) is 12.1 Å². The molecule has 0 bridgehead atoms. The number of hydrogen-bond acceptors (Lipinski definition) is 6. The maximum atomic E-state index is 11.5. The highest BCUT2D eigenvalue weighted by Gasteiger charge is 2.64. The molecule has 8 heteroatoms. The van der Waals surface area contributed by atoms with Gasteiger partial charge in [-0.2, -0.15) is 13.6 Å². The van der Waals surface area contributed by atoms with Gasteiger partial charge in [-0.15, -0.1) is 6.58 Å². The quantitative estimate of drug-likeness (QED) is 0.501. The number of ether oxygens (including phenoxy) is 1. The molecule has 0 heterocycles. The largest absolute Gasteiger partial charge is 0.393 e. The lowest BCUT2D eigenvalue weighted by Gasteiger charge is -2.59. The molecule has 6 atom stereocenters. The summed E-state index contributed by atoms with van der Waals surface area (Å²) in [7, 11) is -2.03. The summed E-state index contributed by atoms with van der Waals surface area (Å²) in [6.07, 6.45) is 5.81. The summed E-state index contributed by atoms with van der Waals surface area (Å²) in [6, 6.07) is 15.7. The minimum atomic E-state index is -4.10. The van der Waals surface area contributed by atoms with E-state index in [2.05, 4.69) is 43.7 Å². The number of likely N-dealkylation sites (N-methyl/N-ethyl adjacent to an activating group) is 1. The van der Waals surface area contributed by atoms with Gasteiger partial charge in [0.05, 0.1) is 18.8 Å². The van der Waals surface area contributed by atoms with Crippen LogP contribution >= 0.6 is 0 Å². The molecule has 2 saturated carbocycles. The molecule has 5 rings (SSSR count). The fourth-order valence-electron chi connectivity index (χ4n) is 7.63. The third kappa shape index (κ3) is 4.69. The van der Waals surface area contributed by atoms with Crippen LogP contribution in [0.1, 0.15) is 49.7 Å². The number of anilines is 1. The summed E-state index contributed by atoms with van der Waals surface area (Å²) < 4.78 is 34.7. The number of rotatable bonds is 8. The van der Waals surface area contributed by atoms with E-state index in [-0.39, 0.29) is 34.7 Å².